The first-order valence-electron chi connectivity index (χ1n) is 21.4. The molecule has 66 heavy (non-hydrogen) atoms. The molecule has 4 N–H and O–H groups in total. The molecule has 22 heteroatoms. The summed E-state index contributed by atoms with van der Waals surface area (Å²) in [5.74, 6) is -11.8. The normalized spacial score (nSPS) is 18.1. The van der Waals surface area contributed by atoms with E-state index in [0.717, 1.165) is 10.1 Å². The molecular weight excluding hydrogens is 887 g/mol. The molecule has 2 aliphatic heterocycles. The lowest BCUT2D eigenvalue weighted by molar-refractivity contribution is -0.212. The first-order valence-corrected chi connectivity index (χ1v) is 21.4. The summed E-state index contributed by atoms with van der Waals surface area (Å²) in [4.78, 5) is 92.8. The maximum atomic E-state index is 14.2. The highest BCUT2D eigenvalue weighted by Crippen LogP contribution is 2.23. The minimum atomic E-state index is -1.37. The predicted octanol–water partition coefficient (Wildman–Crippen LogP) is 3.93. The van der Waals surface area contributed by atoms with Crippen molar-refractivity contribution in [2.45, 2.75) is 128 Å². The molecule has 366 valence electrons. The van der Waals surface area contributed by atoms with Crippen LogP contribution in [0, 0.1) is 34.9 Å². The van der Waals surface area contributed by atoms with Crippen LogP contribution in [-0.2, 0) is 60.8 Å². The molecule has 2 aromatic rings. The number of halogens is 6. The van der Waals surface area contributed by atoms with Gasteiger partial charge in [-0.05, 0) is 90.5 Å². The van der Waals surface area contributed by atoms with E-state index in [2.05, 4.69) is 0 Å². The second kappa shape index (κ2) is 22.9. The van der Waals surface area contributed by atoms with E-state index in [1.54, 1.807) is 41.5 Å². The summed E-state index contributed by atoms with van der Waals surface area (Å²) in [6, 6.07) is -2.46. The van der Waals surface area contributed by atoms with Crippen LogP contribution in [0.2, 0.25) is 0 Å². The Kier molecular flexibility index (Phi) is 18.5. The van der Waals surface area contributed by atoms with Crippen LogP contribution in [0.25, 0.3) is 0 Å². The standard InChI is InChI=1S/C44H58F6N6O10/c1-43(2,3)63-23-35-41(61)55(13-11-53(35)37(57)19-27(51)15-25-17-31(47)33(49)21-29(25)45)65-39(59)9-7-8-10-40(60)66-56-14-12-54(36(42(56)62)24-64-44(4,5)6)38(58)20-28(52)16-26-18-32(48)34(50)22-30(26)46/h17-18,21-22,27-28,35-36H,7-16,19-20,23-24,51-52H2,1-6H3/t27-,28-,35-,36-/m1/s1. The zero-order valence-corrected chi connectivity index (χ0v) is 37.8. The van der Waals surface area contributed by atoms with Gasteiger partial charge in [0.1, 0.15) is 23.7 Å². The summed E-state index contributed by atoms with van der Waals surface area (Å²) < 4.78 is 94.3. The van der Waals surface area contributed by atoms with E-state index < -0.39 is 106 Å². The van der Waals surface area contributed by atoms with Gasteiger partial charge < -0.3 is 40.4 Å². The maximum absolute atomic E-state index is 14.2. The van der Waals surface area contributed by atoms with Crippen LogP contribution in [-0.4, -0.2) is 130 Å². The minimum absolute atomic E-state index is 0.0978. The third-order valence-electron chi connectivity index (χ3n) is 10.3. The molecule has 0 aromatic heterocycles. The van der Waals surface area contributed by atoms with Crippen molar-refractivity contribution in [1.82, 2.24) is 19.9 Å². The number of carbonyl (C=O) groups excluding carboxylic acids is 6. The quantitative estimate of drug-likeness (QED) is 0.117. The Bertz CT molecular complexity index is 1960. The molecule has 0 aliphatic carbocycles. The van der Waals surface area contributed by atoms with Gasteiger partial charge in [-0.25, -0.2) is 35.9 Å². The largest absolute Gasteiger partial charge is 0.373 e. The van der Waals surface area contributed by atoms with Gasteiger partial charge in [0.15, 0.2) is 23.3 Å². The Morgan fingerprint density at radius 3 is 1.24 bits per heavy atom. The van der Waals surface area contributed by atoms with Crippen molar-refractivity contribution in [1.29, 1.82) is 0 Å². The van der Waals surface area contributed by atoms with Crippen LogP contribution in [0.5, 0.6) is 0 Å². The highest BCUT2D eigenvalue weighted by atomic mass is 19.2. The van der Waals surface area contributed by atoms with Gasteiger partial charge in [0, 0.05) is 63.0 Å². The van der Waals surface area contributed by atoms with Gasteiger partial charge >= 0.3 is 11.9 Å². The fourth-order valence-corrected chi connectivity index (χ4v) is 7.00. The number of hydrogen-bond donors (Lipinski definition) is 2. The minimum Gasteiger partial charge on any atom is -0.373 e. The maximum Gasteiger partial charge on any atom is 0.332 e. The molecule has 4 amide bonds. The number of hydrogen-bond acceptors (Lipinski definition) is 12. The number of hydroxylamine groups is 4. The number of ether oxygens (including phenoxy) is 2. The second-order valence-corrected chi connectivity index (χ2v) is 18.1. The van der Waals surface area contributed by atoms with Crippen LogP contribution in [0.15, 0.2) is 24.3 Å². The van der Waals surface area contributed by atoms with Crippen molar-refractivity contribution >= 4 is 35.6 Å². The van der Waals surface area contributed by atoms with E-state index in [0.29, 0.717) is 24.3 Å². The third-order valence-corrected chi connectivity index (χ3v) is 10.3. The van der Waals surface area contributed by atoms with Gasteiger partial charge in [0.25, 0.3) is 11.8 Å². The lowest BCUT2D eigenvalue weighted by Gasteiger charge is -2.40. The molecule has 0 bridgehead atoms. The number of piperazine rings is 2. The summed E-state index contributed by atoms with van der Waals surface area (Å²) in [7, 11) is 0. The van der Waals surface area contributed by atoms with Crippen LogP contribution in [0.1, 0.15) is 91.2 Å². The Balaban J connectivity index is 1.27. The van der Waals surface area contributed by atoms with Gasteiger partial charge in [-0.2, -0.15) is 10.1 Å². The summed E-state index contributed by atoms with van der Waals surface area (Å²) in [5, 5.41) is 1.62. The number of benzene rings is 2. The Labute approximate surface area is 378 Å². The molecule has 0 unspecified atom stereocenters. The summed E-state index contributed by atoms with van der Waals surface area (Å²) in [6.07, 6.45) is -1.67. The number of carbonyl (C=O) groups is 6. The lowest BCUT2D eigenvalue weighted by atomic mass is 10.0. The molecule has 0 saturated carbocycles. The van der Waals surface area contributed by atoms with Crippen LogP contribution >= 0.6 is 0 Å². The van der Waals surface area contributed by atoms with Crippen LogP contribution in [0.3, 0.4) is 0 Å². The van der Waals surface area contributed by atoms with E-state index in [-0.39, 0.29) is 102 Å². The fraction of sp³-hybridized carbons (Fsp3) is 0.591. The van der Waals surface area contributed by atoms with Gasteiger partial charge in [-0.15, -0.1) is 0 Å². The lowest BCUT2D eigenvalue weighted by Crippen LogP contribution is -2.61. The third kappa shape index (κ3) is 15.7. The van der Waals surface area contributed by atoms with Crippen LogP contribution in [0.4, 0.5) is 26.3 Å². The number of unbranched alkanes of at least 4 members (excludes halogenated alkanes) is 1. The Hall–Kier alpha value is -5.32. The zero-order valence-electron chi connectivity index (χ0n) is 37.8. The van der Waals surface area contributed by atoms with Gasteiger partial charge in [0.05, 0.1) is 37.5 Å². The molecule has 0 spiro atoms. The van der Waals surface area contributed by atoms with Crippen LogP contribution < -0.4 is 11.5 Å². The summed E-state index contributed by atoms with van der Waals surface area (Å²) in [6.45, 7) is 9.13. The average molecular weight is 945 g/mol. The number of nitrogens with two attached hydrogens (primary N) is 2. The molecule has 2 fully saturated rings. The topological polar surface area (TPSA) is 204 Å². The van der Waals surface area contributed by atoms with E-state index in [1.807, 2.05) is 0 Å². The van der Waals surface area contributed by atoms with E-state index >= 15 is 0 Å². The highest BCUT2D eigenvalue weighted by Gasteiger charge is 2.42. The molecule has 2 aromatic carbocycles. The average Bonchev–Trinajstić information content (AvgIpc) is 3.20. The van der Waals surface area contributed by atoms with Gasteiger partial charge in [-0.1, -0.05) is 0 Å². The summed E-state index contributed by atoms with van der Waals surface area (Å²) in [5.41, 5.74) is 10.2. The zero-order chi connectivity index (χ0) is 49.3. The van der Waals surface area contributed by atoms with Crippen molar-refractivity contribution in [3.63, 3.8) is 0 Å². The van der Waals surface area contributed by atoms with Gasteiger partial charge in [-0.3, -0.25) is 19.2 Å². The number of rotatable bonds is 19. The van der Waals surface area contributed by atoms with E-state index in [1.165, 1.54) is 9.80 Å². The van der Waals surface area contributed by atoms with Crippen molar-refractivity contribution < 1.29 is 74.3 Å². The van der Waals surface area contributed by atoms with Crippen molar-refractivity contribution in [2.75, 3.05) is 39.4 Å². The molecular formula is C44H58F6N6O10. The van der Waals surface area contributed by atoms with Gasteiger partial charge in [0.2, 0.25) is 11.8 Å². The van der Waals surface area contributed by atoms with Crippen molar-refractivity contribution in [3.8, 4) is 0 Å². The highest BCUT2D eigenvalue weighted by molar-refractivity contribution is 5.90. The molecule has 2 aliphatic rings. The Morgan fingerprint density at radius 2 is 0.909 bits per heavy atom. The second-order valence-electron chi connectivity index (χ2n) is 18.1. The molecule has 4 rings (SSSR count). The number of amides is 4. The molecule has 2 heterocycles. The Morgan fingerprint density at radius 1 is 0.576 bits per heavy atom. The first-order chi connectivity index (χ1) is 30.7. The predicted molar refractivity (Wildman–Crippen MR) is 222 cm³/mol. The smallest absolute Gasteiger partial charge is 0.332 e. The van der Waals surface area contributed by atoms with E-state index in [4.69, 9.17) is 30.6 Å². The fourth-order valence-electron chi connectivity index (χ4n) is 7.00. The number of nitrogens with zero attached hydrogens (tertiary/aromatic N) is 4. The molecule has 2 saturated heterocycles. The summed E-state index contributed by atoms with van der Waals surface area (Å²) >= 11 is 0. The molecule has 16 nitrogen and oxygen atoms in total. The van der Waals surface area contributed by atoms with Crippen molar-refractivity contribution in [3.05, 3.63) is 70.3 Å². The monoisotopic (exact) mass is 944 g/mol. The molecule has 4 atom stereocenters. The SMILES string of the molecule is CC(C)(C)OC[C@@H]1C(=O)N(OC(=O)CCCCC(=O)ON2CCN(C(=O)C[C@H](N)Cc3cc(F)c(F)cc3F)[C@H](COC(C)(C)C)C2=O)CCN1C(=O)C[C@H](N)Cc1cc(F)c(F)cc1F. The van der Waals surface area contributed by atoms with Crippen molar-refractivity contribution in [2.24, 2.45) is 11.5 Å². The van der Waals surface area contributed by atoms with E-state index in [9.17, 15) is 55.1 Å². The first kappa shape index (κ1) is 53.3. The molecule has 0 radical (unpaired) electrons.